The number of anilines is 2. The second-order valence-electron chi connectivity index (χ2n) is 5.01. The Morgan fingerprint density at radius 2 is 2.16 bits per heavy atom. The molecule has 0 amide bonds. The Morgan fingerprint density at radius 1 is 1.47 bits per heavy atom. The summed E-state index contributed by atoms with van der Waals surface area (Å²) in [5.41, 5.74) is 0.823. The molecule has 1 aromatic rings. The molecule has 6 heteroatoms. The molecule has 0 aromatic heterocycles. The van der Waals surface area contributed by atoms with Crippen LogP contribution in [0.3, 0.4) is 0 Å². The van der Waals surface area contributed by atoms with Crippen molar-refractivity contribution in [3.63, 3.8) is 0 Å². The Morgan fingerprint density at radius 3 is 2.68 bits per heavy atom. The molecular formula is C13H19N3O3. The maximum atomic E-state index is 11.3. The molecule has 1 aliphatic rings. The van der Waals surface area contributed by atoms with Gasteiger partial charge >= 0.3 is 5.69 Å². The van der Waals surface area contributed by atoms with Crippen molar-refractivity contribution < 1.29 is 9.66 Å². The van der Waals surface area contributed by atoms with Crippen molar-refractivity contribution >= 4 is 17.1 Å². The number of ether oxygens (including phenoxy) is 1. The van der Waals surface area contributed by atoms with Crippen LogP contribution in [0.25, 0.3) is 0 Å². The summed E-state index contributed by atoms with van der Waals surface area (Å²) in [5.74, 6) is 0. The number of nitrogens with zero attached hydrogens (tertiary/aromatic N) is 1. The van der Waals surface area contributed by atoms with Crippen molar-refractivity contribution in [2.45, 2.75) is 31.9 Å². The first-order valence-corrected chi connectivity index (χ1v) is 6.33. The van der Waals surface area contributed by atoms with Crippen LogP contribution >= 0.6 is 0 Å². The summed E-state index contributed by atoms with van der Waals surface area (Å²) in [4.78, 5) is 10.9. The third-order valence-corrected chi connectivity index (χ3v) is 3.79. The van der Waals surface area contributed by atoms with E-state index in [0.717, 1.165) is 6.42 Å². The van der Waals surface area contributed by atoms with Crippen molar-refractivity contribution in [3.05, 3.63) is 28.3 Å². The van der Waals surface area contributed by atoms with Crippen LogP contribution < -0.4 is 10.6 Å². The van der Waals surface area contributed by atoms with Crippen LogP contribution in [-0.4, -0.2) is 30.2 Å². The van der Waals surface area contributed by atoms with E-state index >= 15 is 0 Å². The van der Waals surface area contributed by atoms with Crippen molar-refractivity contribution in [1.82, 2.24) is 0 Å². The topological polar surface area (TPSA) is 76.4 Å². The summed E-state index contributed by atoms with van der Waals surface area (Å²) in [6.45, 7) is 4.68. The molecule has 2 rings (SSSR count). The summed E-state index contributed by atoms with van der Waals surface area (Å²) >= 11 is 0. The Hall–Kier alpha value is -1.82. The first kappa shape index (κ1) is 13.6. The predicted octanol–water partition coefficient (Wildman–Crippen LogP) is 2.62. The minimum absolute atomic E-state index is 0.0188. The number of nitro groups is 1. The largest absolute Gasteiger partial charge is 0.382 e. The van der Waals surface area contributed by atoms with E-state index < -0.39 is 0 Å². The fourth-order valence-electron chi connectivity index (χ4n) is 2.35. The van der Waals surface area contributed by atoms with Crippen LogP contribution in [0.5, 0.6) is 0 Å². The van der Waals surface area contributed by atoms with Crippen LogP contribution in [0.15, 0.2) is 18.2 Å². The summed E-state index contributed by atoms with van der Waals surface area (Å²) < 4.78 is 5.55. The van der Waals surface area contributed by atoms with Crippen molar-refractivity contribution in [1.29, 1.82) is 0 Å². The molecule has 104 valence electrons. The maximum absolute atomic E-state index is 11.3. The summed E-state index contributed by atoms with van der Waals surface area (Å²) in [7, 11) is 1.68. The number of nitrogens with one attached hydrogen (secondary N) is 2. The van der Waals surface area contributed by atoms with Gasteiger partial charge in [-0.3, -0.25) is 10.1 Å². The van der Waals surface area contributed by atoms with E-state index in [1.165, 1.54) is 0 Å². The van der Waals surface area contributed by atoms with Gasteiger partial charge in [-0.25, -0.2) is 0 Å². The molecule has 1 saturated heterocycles. The van der Waals surface area contributed by atoms with E-state index in [-0.39, 0.29) is 22.3 Å². The molecule has 19 heavy (non-hydrogen) atoms. The van der Waals surface area contributed by atoms with Gasteiger partial charge in [-0.1, -0.05) is 6.07 Å². The van der Waals surface area contributed by atoms with Crippen LogP contribution in [0.4, 0.5) is 17.1 Å². The summed E-state index contributed by atoms with van der Waals surface area (Å²) in [6.07, 6.45) is 0.847. The molecule has 0 spiro atoms. The quantitative estimate of drug-likeness (QED) is 0.646. The number of rotatable bonds is 4. The molecule has 2 atom stereocenters. The minimum Gasteiger partial charge on any atom is -0.382 e. The lowest BCUT2D eigenvalue weighted by Gasteiger charge is -2.30. The van der Waals surface area contributed by atoms with Gasteiger partial charge < -0.3 is 15.4 Å². The van der Waals surface area contributed by atoms with Crippen molar-refractivity contribution in [2.24, 2.45) is 0 Å². The van der Waals surface area contributed by atoms with Gasteiger partial charge in [-0.05, 0) is 32.4 Å². The lowest BCUT2D eigenvalue weighted by molar-refractivity contribution is -0.383. The van der Waals surface area contributed by atoms with E-state index in [9.17, 15) is 10.1 Å². The Labute approximate surface area is 112 Å². The second-order valence-corrected chi connectivity index (χ2v) is 5.01. The molecule has 1 fully saturated rings. The zero-order chi connectivity index (χ0) is 14.0. The summed E-state index contributed by atoms with van der Waals surface area (Å²) in [5, 5.41) is 17.4. The van der Waals surface area contributed by atoms with Crippen molar-refractivity contribution in [2.75, 3.05) is 24.3 Å². The van der Waals surface area contributed by atoms with Crippen LogP contribution in [0.1, 0.15) is 20.3 Å². The van der Waals surface area contributed by atoms with Gasteiger partial charge in [0.25, 0.3) is 0 Å². The molecule has 1 aliphatic heterocycles. The lowest BCUT2D eigenvalue weighted by atomic mass is 9.94. The molecule has 0 saturated carbocycles. The smallest absolute Gasteiger partial charge is 0.315 e. The highest BCUT2D eigenvalue weighted by Gasteiger charge is 2.38. The molecule has 0 radical (unpaired) electrons. The number of hydrogen-bond donors (Lipinski definition) is 2. The molecule has 0 bridgehead atoms. The maximum Gasteiger partial charge on any atom is 0.315 e. The van der Waals surface area contributed by atoms with Crippen LogP contribution in [0.2, 0.25) is 0 Å². The van der Waals surface area contributed by atoms with Gasteiger partial charge in [-0.2, -0.15) is 0 Å². The van der Waals surface area contributed by atoms with Gasteiger partial charge in [-0.15, -0.1) is 0 Å². The molecule has 2 unspecified atom stereocenters. The van der Waals surface area contributed by atoms with Gasteiger partial charge in [0, 0.05) is 13.7 Å². The summed E-state index contributed by atoms with van der Waals surface area (Å²) in [6, 6.07) is 5.22. The highest BCUT2D eigenvalue weighted by Crippen LogP contribution is 2.37. The van der Waals surface area contributed by atoms with Gasteiger partial charge in [0.15, 0.2) is 0 Å². The molecule has 0 aliphatic carbocycles. The third kappa shape index (κ3) is 2.49. The first-order chi connectivity index (χ1) is 8.98. The fourth-order valence-corrected chi connectivity index (χ4v) is 2.35. The zero-order valence-electron chi connectivity index (χ0n) is 11.4. The normalized spacial score (nSPS) is 26.2. The lowest BCUT2D eigenvalue weighted by Crippen LogP contribution is -2.41. The highest BCUT2D eigenvalue weighted by atomic mass is 16.6. The van der Waals surface area contributed by atoms with Gasteiger partial charge in [0.1, 0.15) is 11.4 Å². The number of para-hydroxylation sites is 1. The Kier molecular flexibility index (Phi) is 3.61. The minimum atomic E-state index is -0.363. The van der Waals surface area contributed by atoms with Crippen LogP contribution in [-0.2, 0) is 4.74 Å². The Bertz CT molecular complexity index is 492. The van der Waals surface area contributed by atoms with E-state index in [4.69, 9.17) is 4.74 Å². The number of nitro benzene ring substituents is 1. The first-order valence-electron chi connectivity index (χ1n) is 6.33. The average molecular weight is 265 g/mol. The van der Waals surface area contributed by atoms with Gasteiger partial charge in [0.05, 0.1) is 16.6 Å². The fraction of sp³-hybridized carbons (Fsp3) is 0.538. The number of hydrogen-bond acceptors (Lipinski definition) is 5. The third-order valence-electron chi connectivity index (χ3n) is 3.79. The van der Waals surface area contributed by atoms with E-state index in [1.807, 2.05) is 13.8 Å². The average Bonchev–Trinajstić information content (AvgIpc) is 2.68. The predicted molar refractivity (Wildman–Crippen MR) is 74.7 cm³/mol. The number of benzene rings is 1. The molecule has 1 aromatic carbocycles. The highest BCUT2D eigenvalue weighted by molar-refractivity contribution is 5.76. The molecule has 1 heterocycles. The molecular weight excluding hydrogens is 246 g/mol. The SMILES string of the molecule is CNc1cccc(NC2(C)CCOC2C)c1[N+](=O)[O-]. The molecule has 2 N–H and O–H groups in total. The monoisotopic (exact) mass is 265 g/mol. The standard InChI is InChI=1S/C13H19N3O3/c1-9-13(2,7-8-19-9)15-11-6-4-5-10(14-3)12(11)16(17)18/h4-6,9,14-15H,7-8H2,1-3H3. The van der Waals surface area contributed by atoms with E-state index in [1.54, 1.807) is 25.2 Å². The van der Waals surface area contributed by atoms with Crippen molar-refractivity contribution in [3.8, 4) is 0 Å². The molecule has 6 nitrogen and oxygen atoms in total. The Balaban J connectivity index is 2.37. The van der Waals surface area contributed by atoms with E-state index in [2.05, 4.69) is 10.6 Å². The zero-order valence-corrected chi connectivity index (χ0v) is 11.4. The van der Waals surface area contributed by atoms with Gasteiger partial charge in [0.2, 0.25) is 0 Å². The second kappa shape index (κ2) is 5.05. The van der Waals surface area contributed by atoms with E-state index in [0.29, 0.717) is 18.0 Å². The van der Waals surface area contributed by atoms with Crippen LogP contribution in [0, 0.1) is 10.1 Å².